The summed E-state index contributed by atoms with van der Waals surface area (Å²) in [5.74, 6) is 1.17. The van der Waals surface area contributed by atoms with E-state index in [1.807, 2.05) is 38.1 Å². The van der Waals surface area contributed by atoms with Gasteiger partial charge in [0.2, 0.25) is 0 Å². The van der Waals surface area contributed by atoms with Gasteiger partial charge in [0.1, 0.15) is 0 Å². The molecule has 2 rings (SSSR count). The molecular weight excluding hydrogens is 332 g/mol. The van der Waals surface area contributed by atoms with Crippen LogP contribution in [-0.4, -0.2) is 49.1 Å². The van der Waals surface area contributed by atoms with Crippen molar-refractivity contribution in [3.63, 3.8) is 0 Å². The molecule has 1 aromatic carbocycles. The highest BCUT2D eigenvalue weighted by Gasteiger charge is 2.08. The molecule has 0 radical (unpaired) electrons. The average molecular weight is 358 g/mol. The molecular formula is C18H26N6O2. The number of benzene rings is 1. The predicted octanol–water partition coefficient (Wildman–Crippen LogP) is 3.28. The van der Waals surface area contributed by atoms with Crippen LogP contribution in [0.1, 0.15) is 26.7 Å². The summed E-state index contributed by atoms with van der Waals surface area (Å²) in [6, 6.07) is 7.81. The van der Waals surface area contributed by atoms with Crippen LogP contribution in [0.25, 0.3) is 10.8 Å². The minimum atomic E-state index is 0.119. The average Bonchev–Trinajstić information content (AvgIpc) is 2.68. The molecule has 1 heterocycles. The maximum absolute atomic E-state index is 5.18. The summed E-state index contributed by atoms with van der Waals surface area (Å²) in [4.78, 5) is 0. The SMILES string of the molecule is CO[C@H](C)C/C=N\Nc1nnc(N/N=C\C[C@H](C)OC)c2ccccc12. The summed E-state index contributed by atoms with van der Waals surface area (Å²) in [7, 11) is 3.35. The van der Waals surface area contributed by atoms with Crippen molar-refractivity contribution in [2.45, 2.75) is 38.9 Å². The highest BCUT2D eigenvalue weighted by atomic mass is 16.5. The van der Waals surface area contributed by atoms with Crippen LogP contribution in [0.15, 0.2) is 34.5 Å². The molecule has 8 nitrogen and oxygen atoms in total. The Morgan fingerprint density at radius 3 is 1.69 bits per heavy atom. The Morgan fingerprint density at radius 2 is 1.31 bits per heavy atom. The van der Waals surface area contributed by atoms with Crippen LogP contribution in [-0.2, 0) is 9.47 Å². The molecule has 8 heteroatoms. The molecule has 0 aliphatic carbocycles. The van der Waals surface area contributed by atoms with Crippen molar-refractivity contribution in [1.82, 2.24) is 10.2 Å². The van der Waals surface area contributed by atoms with Crippen molar-refractivity contribution in [3.8, 4) is 0 Å². The summed E-state index contributed by atoms with van der Waals surface area (Å²) in [6.07, 6.45) is 5.18. The number of nitrogens with zero attached hydrogens (tertiary/aromatic N) is 4. The van der Waals surface area contributed by atoms with Gasteiger partial charge in [0, 0.05) is 50.3 Å². The first kappa shape index (κ1) is 19.7. The van der Waals surface area contributed by atoms with Gasteiger partial charge in [-0.1, -0.05) is 24.3 Å². The fraction of sp³-hybridized carbons (Fsp3) is 0.444. The summed E-state index contributed by atoms with van der Waals surface area (Å²) in [5.41, 5.74) is 5.88. The molecule has 1 aromatic heterocycles. The highest BCUT2D eigenvalue weighted by molar-refractivity contribution is 5.98. The minimum Gasteiger partial charge on any atom is -0.381 e. The Kier molecular flexibility index (Phi) is 7.91. The Morgan fingerprint density at radius 1 is 0.885 bits per heavy atom. The summed E-state index contributed by atoms with van der Waals surface area (Å²) in [6.45, 7) is 3.96. The zero-order chi connectivity index (χ0) is 18.8. The van der Waals surface area contributed by atoms with Crippen LogP contribution < -0.4 is 10.9 Å². The van der Waals surface area contributed by atoms with Crippen molar-refractivity contribution in [2.75, 3.05) is 25.1 Å². The van der Waals surface area contributed by atoms with Gasteiger partial charge in [0.05, 0.1) is 12.2 Å². The third-order valence-electron chi connectivity index (χ3n) is 3.89. The predicted molar refractivity (Wildman–Crippen MR) is 106 cm³/mol. The van der Waals surface area contributed by atoms with E-state index in [9.17, 15) is 0 Å². The number of aromatic nitrogens is 2. The topological polar surface area (TPSA) is 93.0 Å². The number of nitrogens with one attached hydrogen (secondary N) is 2. The van der Waals surface area contributed by atoms with Crippen molar-refractivity contribution < 1.29 is 9.47 Å². The van der Waals surface area contributed by atoms with Crippen LogP contribution >= 0.6 is 0 Å². The second-order valence-corrected chi connectivity index (χ2v) is 5.85. The van der Waals surface area contributed by atoms with E-state index in [1.165, 1.54) is 0 Å². The van der Waals surface area contributed by atoms with Crippen LogP contribution in [0.4, 0.5) is 11.6 Å². The molecule has 0 saturated heterocycles. The lowest BCUT2D eigenvalue weighted by molar-refractivity contribution is 0.125. The zero-order valence-corrected chi connectivity index (χ0v) is 15.6. The molecule has 2 N–H and O–H groups in total. The molecule has 0 amide bonds. The quantitative estimate of drug-likeness (QED) is 0.500. The summed E-state index contributed by atoms with van der Waals surface area (Å²) >= 11 is 0. The summed E-state index contributed by atoms with van der Waals surface area (Å²) in [5, 5.41) is 18.6. The molecule has 0 aliphatic rings. The fourth-order valence-corrected chi connectivity index (χ4v) is 2.08. The largest absolute Gasteiger partial charge is 0.381 e. The number of methoxy groups -OCH3 is 2. The standard InChI is InChI=1S/C18H26N6O2/c1-13(25-3)9-11-19-21-17-15-7-5-6-8-16(15)18(24-23-17)22-20-12-10-14(2)26-4/h5-8,11-14H,9-10H2,1-4H3,(H,21,23)(H,22,24)/b19-11-,20-12-/t13-,14+. The van der Waals surface area contributed by atoms with Gasteiger partial charge in [0.25, 0.3) is 0 Å². The van der Waals surface area contributed by atoms with Gasteiger partial charge in [-0.05, 0) is 13.8 Å². The number of hydrazone groups is 2. The van der Waals surface area contributed by atoms with Crippen molar-refractivity contribution >= 4 is 34.8 Å². The molecule has 0 spiro atoms. The molecule has 2 atom stereocenters. The van der Waals surface area contributed by atoms with Crippen LogP contribution in [0.5, 0.6) is 0 Å². The number of ether oxygens (including phenoxy) is 2. The van der Waals surface area contributed by atoms with Gasteiger partial charge in [-0.3, -0.25) is 10.9 Å². The van der Waals surface area contributed by atoms with Gasteiger partial charge >= 0.3 is 0 Å². The second kappa shape index (κ2) is 10.4. The second-order valence-electron chi connectivity index (χ2n) is 5.85. The first-order valence-electron chi connectivity index (χ1n) is 8.51. The first-order chi connectivity index (χ1) is 12.7. The third-order valence-corrected chi connectivity index (χ3v) is 3.89. The molecule has 0 aliphatic heterocycles. The Bertz CT molecular complexity index is 687. The van der Waals surface area contributed by atoms with E-state index in [-0.39, 0.29) is 12.2 Å². The lowest BCUT2D eigenvalue weighted by atomic mass is 10.2. The summed E-state index contributed by atoms with van der Waals surface area (Å²) < 4.78 is 10.4. The van der Waals surface area contributed by atoms with Crippen molar-refractivity contribution in [3.05, 3.63) is 24.3 Å². The van der Waals surface area contributed by atoms with E-state index in [4.69, 9.17) is 9.47 Å². The van der Waals surface area contributed by atoms with Crippen LogP contribution in [0.2, 0.25) is 0 Å². The lowest BCUT2D eigenvalue weighted by Gasteiger charge is -2.08. The maximum atomic E-state index is 5.18. The maximum Gasteiger partial charge on any atom is 0.176 e. The number of hydrogen-bond acceptors (Lipinski definition) is 8. The van der Waals surface area contributed by atoms with E-state index in [2.05, 4.69) is 31.3 Å². The number of rotatable bonds is 10. The Balaban J connectivity index is 2.10. The first-order valence-corrected chi connectivity index (χ1v) is 8.51. The lowest BCUT2D eigenvalue weighted by Crippen LogP contribution is -2.06. The van der Waals surface area contributed by atoms with Crippen LogP contribution in [0.3, 0.4) is 0 Å². The number of anilines is 2. The van der Waals surface area contributed by atoms with Gasteiger partial charge in [0.15, 0.2) is 11.6 Å². The van der Waals surface area contributed by atoms with Crippen LogP contribution in [0, 0.1) is 0 Å². The Hall–Kier alpha value is -2.58. The van der Waals surface area contributed by atoms with E-state index < -0.39 is 0 Å². The minimum absolute atomic E-state index is 0.119. The molecule has 2 aromatic rings. The van der Waals surface area contributed by atoms with Crippen molar-refractivity contribution in [2.24, 2.45) is 10.2 Å². The number of fused-ring (bicyclic) bond motifs is 1. The monoisotopic (exact) mass is 358 g/mol. The van der Waals surface area contributed by atoms with E-state index in [1.54, 1.807) is 26.6 Å². The molecule has 0 fully saturated rings. The zero-order valence-electron chi connectivity index (χ0n) is 15.6. The number of hydrogen-bond donors (Lipinski definition) is 2. The fourth-order valence-electron chi connectivity index (χ4n) is 2.08. The molecule has 0 saturated carbocycles. The van der Waals surface area contributed by atoms with Gasteiger partial charge in [-0.15, -0.1) is 10.2 Å². The smallest absolute Gasteiger partial charge is 0.176 e. The molecule has 0 unspecified atom stereocenters. The van der Waals surface area contributed by atoms with Crippen molar-refractivity contribution in [1.29, 1.82) is 0 Å². The molecule has 0 bridgehead atoms. The van der Waals surface area contributed by atoms with E-state index >= 15 is 0 Å². The molecule has 26 heavy (non-hydrogen) atoms. The Labute approximate surface area is 153 Å². The molecule has 140 valence electrons. The van der Waals surface area contributed by atoms with E-state index in [0.717, 1.165) is 10.8 Å². The van der Waals surface area contributed by atoms with Gasteiger partial charge in [-0.25, -0.2) is 0 Å². The van der Waals surface area contributed by atoms with E-state index in [0.29, 0.717) is 24.5 Å². The van der Waals surface area contributed by atoms with Gasteiger partial charge in [-0.2, -0.15) is 10.2 Å². The van der Waals surface area contributed by atoms with Gasteiger partial charge < -0.3 is 9.47 Å². The highest BCUT2D eigenvalue weighted by Crippen LogP contribution is 2.25. The normalized spacial score (nSPS) is 14.2. The third kappa shape index (κ3) is 5.75.